The fraction of sp³-hybridized carbons (Fsp3) is 0.778. The third-order valence-corrected chi connectivity index (χ3v) is 2.65. The van der Waals surface area contributed by atoms with E-state index in [0.717, 1.165) is 5.06 Å². The van der Waals surface area contributed by atoms with Crippen molar-refractivity contribution in [3.63, 3.8) is 0 Å². The number of alkyl halides is 3. The van der Waals surface area contributed by atoms with Gasteiger partial charge in [0.2, 0.25) is 5.91 Å². The molecule has 1 aliphatic rings. The molecular formula is C9H13F3N2O3. The molecule has 2 amide bonds. The Kier molecular flexibility index (Phi) is 3.97. The van der Waals surface area contributed by atoms with Gasteiger partial charge in [-0.3, -0.25) is 14.4 Å². The lowest BCUT2D eigenvalue weighted by Gasteiger charge is -2.31. The lowest BCUT2D eigenvalue weighted by atomic mass is 9.93. The molecule has 1 rings (SSSR count). The summed E-state index contributed by atoms with van der Waals surface area (Å²) < 4.78 is 37.0. The molecule has 1 heterocycles. The Morgan fingerprint density at radius 2 is 2.06 bits per heavy atom. The maximum Gasteiger partial charge on any atom is 0.408 e. The van der Waals surface area contributed by atoms with Crippen LogP contribution >= 0.6 is 0 Å². The molecule has 0 radical (unpaired) electrons. The second-order valence-electron chi connectivity index (χ2n) is 3.75. The molecule has 1 N–H and O–H groups in total. The van der Waals surface area contributed by atoms with E-state index in [1.807, 2.05) is 0 Å². The Morgan fingerprint density at radius 1 is 1.47 bits per heavy atom. The first-order valence-corrected chi connectivity index (χ1v) is 4.96. The first kappa shape index (κ1) is 13.8. The summed E-state index contributed by atoms with van der Waals surface area (Å²) in [5.74, 6) is -2.67. The van der Waals surface area contributed by atoms with Crippen LogP contribution < -0.4 is 5.32 Å². The minimum atomic E-state index is -4.48. The zero-order valence-corrected chi connectivity index (χ0v) is 9.37. The molecule has 8 heteroatoms. The number of amides is 2. The molecule has 2 atom stereocenters. The SMILES string of the molecule is CON(C)C(=O)C1CCC(C(F)(F)F)NC1=O. The summed E-state index contributed by atoms with van der Waals surface area (Å²) in [6.07, 6.45) is -4.91. The van der Waals surface area contributed by atoms with E-state index in [4.69, 9.17) is 0 Å². The minimum absolute atomic E-state index is 0.136. The van der Waals surface area contributed by atoms with E-state index in [2.05, 4.69) is 4.84 Å². The van der Waals surface area contributed by atoms with Crippen LogP contribution in [-0.4, -0.2) is 43.3 Å². The Labute approximate surface area is 95.8 Å². The van der Waals surface area contributed by atoms with E-state index in [1.54, 1.807) is 5.32 Å². The van der Waals surface area contributed by atoms with Gasteiger partial charge in [0, 0.05) is 7.05 Å². The number of halogens is 3. The van der Waals surface area contributed by atoms with E-state index in [1.165, 1.54) is 14.2 Å². The second kappa shape index (κ2) is 4.91. The molecule has 98 valence electrons. The van der Waals surface area contributed by atoms with Crippen LogP contribution in [0.25, 0.3) is 0 Å². The third-order valence-electron chi connectivity index (χ3n) is 2.65. The van der Waals surface area contributed by atoms with Crippen molar-refractivity contribution in [3.8, 4) is 0 Å². The van der Waals surface area contributed by atoms with Crippen LogP contribution in [0.15, 0.2) is 0 Å². The van der Waals surface area contributed by atoms with Crippen LogP contribution in [-0.2, 0) is 14.4 Å². The summed E-state index contributed by atoms with van der Waals surface area (Å²) in [6, 6.07) is -1.87. The van der Waals surface area contributed by atoms with Crippen LogP contribution in [0.1, 0.15) is 12.8 Å². The highest BCUT2D eigenvalue weighted by Gasteiger charge is 2.46. The van der Waals surface area contributed by atoms with Crippen molar-refractivity contribution in [3.05, 3.63) is 0 Å². The van der Waals surface area contributed by atoms with Gasteiger partial charge in [0.15, 0.2) is 0 Å². The van der Waals surface area contributed by atoms with E-state index in [0.29, 0.717) is 0 Å². The Bertz CT molecular complexity index is 319. The van der Waals surface area contributed by atoms with Gasteiger partial charge in [-0.05, 0) is 12.8 Å². The summed E-state index contributed by atoms with van der Waals surface area (Å²) in [5, 5.41) is 2.63. The molecular weight excluding hydrogens is 241 g/mol. The molecule has 1 fully saturated rings. The van der Waals surface area contributed by atoms with Crippen molar-refractivity contribution < 1.29 is 27.6 Å². The molecule has 0 aliphatic carbocycles. The minimum Gasteiger partial charge on any atom is -0.344 e. The molecule has 0 aromatic carbocycles. The molecule has 2 unspecified atom stereocenters. The van der Waals surface area contributed by atoms with E-state index in [9.17, 15) is 22.8 Å². The zero-order chi connectivity index (χ0) is 13.2. The maximum absolute atomic E-state index is 12.3. The van der Waals surface area contributed by atoms with Crippen molar-refractivity contribution in [2.24, 2.45) is 5.92 Å². The van der Waals surface area contributed by atoms with E-state index in [-0.39, 0.29) is 12.8 Å². The molecule has 0 spiro atoms. The molecule has 0 bridgehead atoms. The fourth-order valence-electron chi connectivity index (χ4n) is 1.60. The summed E-state index contributed by atoms with van der Waals surface area (Å²) in [6.45, 7) is 0. The Morgan fingerprint density at radius 3 is 2.47 bits per heavy atom. The predicted molar refractivity (Wildman–Crippen MR) is 50.5 cm³/mol. The van der Waals surface area contributed by atoms with Crippen molar-refractivity contribution in [2.75, 3.05) is 14.2 Å². The van der Waals surface area contributed by atoms with Crippen molar-refractivity contribution >= 4 is 11.8 Å². The van der Waals surface area contributed by atoms with Crippen molar-refractivity contribution in [2.45, 2.75) is 25.1 Å². The number of nitrogens with one attached hydrogen (secondary N) is 1. The van der Waals surface area contributed by atoms with Crippen LogP contribution in [0.3, 0.4) is 0 Å². The van der Waals surface area contributed by atoms with Gasteiger partial charge in [0.1, 0.15) is 12.0 Å². The average Bonchev–Trinajstić information content (AvgIpc) is 2.25. The highest BCUT2D eigenvalue weighted by atomic mass is 19.4. The second-order valence-corrected chi connectivity index (χ2v) is 3.75. The molecule has 17 heavy (non-hydrogen) atoms. The predicted octanol–water partition coefficient (Wildman–Crippen LogP) is 0.463. The van der Waals surface area contributed by atoms with E-state index < -0.39 is 30.0 Å². The third kappa shape index (κ3) is 3.09. The lowest BCUT2D eigenvalue weighted by molar-refractivity contribution is -0.183. The van der Waals surface area contributed by atoms with Crippen molar-refractivity contribution in [1.82, 2.24) is 10.4 Å². The zero-order valence-electron chi connectivity index (χ0n) is 9.37. The van der Waals surface area contributed by atoms with Crippen molar-refractivity contribution in [1.29, 1.82) is 0 Å². The maximum atomic E-state index is 12.3. The Hall–Kier alpha value is -1.31. The highest BCUT2D eigenvalue weighted by molar-refractivity contribution is 6.00. The molecule has 0 aromatic rings. The van der Waals surface area contributed by atoms with Gasteiger partial charge in [-0.15, -0.1) is 0 Å². The standard InChI is InChI=1S/C9H13F3N2O3/c1-14(17-2)8(16)5-3-4-6(9(10,11)12)13-7(5)15/h5-6H,3-4H2,1-2H3,(H,13,15). The first-order chi connectivity index (χ1) is 7.77. The van der Waals surface area contributed by atoms with Gasteiger partial charge in [0.05, 0.1) is 7.11 Å². The fourth-order valence-corrected chi connectivity index (χ4v) is 1.60. The van der Waals surface area contributed by atoms with Crippen LogP contribution in [0.4, 0.5) is 13.2 Å². The normalized spacial score (nSPS) is 25.4. The summed E-state index contributed by atoms with van der Waals surface area (Å²) in [4.78, 5) is 27.5. The molecule has 0 saturated carbocycles. The molecule has 5 nitrogen and oxygen atoms in total. The van der Waals surface area contributed by atoms with Gasteiger partial charge in [-0.2, -0.15) is 13.2 Å². The summed E-state index contributed by atoms with van der Waals surface area (Å²) in [5.41, 5.74) is 0. The number of hydrogen-bond acceptors (Lipinski definition) is 3. The number of carbonyl (C=O) groups excluding carboxylic acids is 2. The number of nitrogens with zero attached hydrogens (tertiary/aromatic N) is 1. The number of hydroxylamine groups is 2. The van der Waals surface area contributed by atoms with E-state index >= 15 is 0 Å². The number of carbonyl (C=O) groups is 2. The highest BCUT2D eigenvalue weighted by Crippen LogP contribution is 2.28. The topological polar surface area (TPSA) is 58.6 Å². The van der Waals surface area contributed by atoms with Crippen LogP contribution in [0.2, 0.25) is 0 Å². The average molecular weight is 254 g/mol. The Balaban J connectivity index is 2.66. The largest absolute Gasteiger partial charge is 0.408 e. The monoisotopic (exact) mass is 254 g/mol. The smallest absolute Gasteiger partial charge is 0.344 e. The van der Waals surface area contributed by atoms with Gasteiger partial charge in [0.25, 0.3) is 5.91 Å². The lowest BCUT2D eigenvalue weighted by Crippen LogP contribution is -2.54. The quantitative estimate of drug-likeness (QED) is 0.575. The van der Waals surface area contributed by atoms with Gasteiger partial charge >= 0.3 is 6.18 Å². The number of hydrogen-bond donors (Lipinski definition) is 1. The first-order valence-electron chi connectivity index (χ1n) is 4.96. The molecule has 1 aliphatic heterocycles. The molecule has 1 saturated heterocycles. The van der Waals surface area contributed by atoms with Gasteiger partial charge in [-0.25, -0.2) is 5.06 Å². The number of piperidine rings is 1. The summed E-state index contributed by atoms with van der Waals surface area (Å²) >= 11 is 0. The molecule has 0 aromatic heterocycles. The van der Waals surface area contributed by atoms with Crippen LogP contribution in [0.5, 0.6) is 0 Å². The van der Waals surface area contributed by atoms with Gasteiger partial charge in [-0.1, -0.05) is 0 Å². The summed E-state index contributed by atoms with van der Waals surface area (Å²) in [7, 11) is 2.53. The van der Waals surface area contributed by atoms with Gasteiger partial charge < -0.3 is 5.32 Å². The number of rotatable bonds is 2. The van der Waals surface area contributed by atoms with Crippen LogP contribution in [0, 0.1) is 5.92 Å².